The lowest BCUT2D eigenvalue weighted by Crippen LogP contribution is -2.16. The number of anilines is 1. The minimum Gasteiger partial charge on any atom is -0.387 e. The fourth-order valence-corrected chi connectivity index (χ4v) is 3.32. The highest BCUT2D eigenvalue weighted by molar-refractivity contribution is 7.20. The number of aliphatic hydroxyl groups excluding tert-OH is 1. The Morgan fingerprint density at radius 2 is 2.21 bits per heavy atom. The van der Waals surface area contributed by atoms with Crippen LogP contribution in [0.25, 0.3) is 4.96 Å². The van der Waals surface area contributed by atoms with Crippen LogP contribution in [0.5, 0.6) is 0 Å². The maximum absolute atomic E-state index is 12.1. The zero-order chi connectivity index (χ0) is 17.1. The van der Waals surface area contributed by atoms with Crippen LogP contribution in [0.15, 0.2) is 35.1 Å². The number of benzene rings is 1. The van der Waals surface area contributed by atoms with E-state index in [1.807, 2.05) is 31.2 Å². The summed E-state index contributed by atoms with van der Waals surface area (Å²) in [6, 6.07) is 9.28. The molecule has 2 aromatic heterocycles. The number of nitrogens with one attached hydrogen (secondary N) is 1. The fourth-order valence-electron chi connectivity index (χ4n) is 2.49. The van der Waals surface area contributed by atoms with Gasteiger partial charge in [-0.05, 0) is 18.9 Å². The highest BCUT2D eigenvalue weighted by atomic mass is 32.1. The maximum Gasteiger partial charge on any atom is 0.275 e. The van der Waals surface area contributed by atoms with Crippen molar-refractivity contribution < 1.29 is 5.11 Å². The largest absolute Gasteiger partial charge is 0.387 e. The fraction of sp³-hybridized carbons (Fsp3) is 0.353. The Balaban J connectivity index is 1.76. The molecule has 3 rings (SSSR count). The summed E-state index contributed by atoms with van der Waals surface area (Å²) in [5.41, 5.74) is 2.57. The summed E-state index contributed by atoms with van der Waals surface area (Å²) in [6.45, 7) is 4.36. The zero-order valence-electron chi connectivity index (χ0n) is 13.7. The van der Waals surface area contributed by atoms with Gasteiger partial charge >= 0.3 is 0 Å². The molecular weight excluding hydrogens is 324 g/mol. The monoisotopic (exact) mass is 344 g/mol. The van der Waals surface area contributed by atoms with Gasteiger partial charge in [-0.3, -0.25) is 4.79 Å². The average molecular weight is 344 g/mol. The van der Waals surface area contributed by atoms with Gasteiger partial charge in [0.15, 0.2) is 0 Å². The number of nitrogens with zero attached hydrogens (tertiary/aromatic N) is 3. The quantitative estimate of drug-likeness (QED) is 0.718. The van der Waals surface area contributed by atoms with Crippen molar-refractivity contribution >= 4 is 21.4 Å². The molecule has 0 fully saturated rings. The average Bonchev–Trinajstić information content (AvgIpc) is 2.96. The lowest BCUT2D eigenvalue weighted by atomic mass is 10.1. The van der Waals surface area contributed by atoms with E-state index in [9.17, 15) is 9.90 Å². The van der Waals surface area contributed by atoms with Gasteiger partial charge in [0.1, 0.15) is 0 Å². The number of aromatic nitrogens is 3. The van der Waals surface area contributed by atoms with Crippen molar-refractivity contribution in [1.29, 1.82) is 0 Å². The second kappa shape index (κ2) is 7.11. The third-order valence-corrected chi connectivity index (χ3v) is 4.54. The first-order chi connectivity index (χ1) is 11.6. The second-order valence-electron chi connectivity index (χ2n) is 5.75. The van der Waals surface area contributed by atoms with Gasteiger partial charge in [-0.1, -0.05) is 54.5 Å². The molecule has 24 heavy (non-hydrogen) atoms. The highest BCUT2D eigenvalue weighted by Crippen LogP contribution is 2.19. The molecule has 0 aliphatic rings. The molecule has 7 heteroatoms. The standard InChI is InChI=1S/C17H20N4O2S/c1-3-5-13-9-15(23)21-17(19-13)24-16(20-21)18-10-14(22)12-7-4-6-11(2)8-12/h4,6-9,14,22H,3,5,10H2,1-2H3,(H,18,20). The topological polar surface area (TPSA) is 79.5 Å². The number of aryl methyl sites for hydroxylation is 2. The van der Waals surface area contributed by atoms with Crippen molar-refractivity contribution in [2.45, 2.75) is 32.8 Å². The van der Waals surface area contributed by atoms with Crippen LogP contribution in [0.3, 0.4) is 0 Å². The van der Waals surface area contributed by atoms with Crippen LogP contribution < -0.4 is 10.9 Å². The lowest BCUT2D eigenvalue weighted by molar-refractivity contribution is 0.191. The van der Waals surface area contributed by atoms with Crippen LogP contribution in [0.4, 0.5) is 5.13 Å². The van der Waals surface area contributed by atoms with E-state index in [0.29, 0.717) is 16.6 Å². The van der Waals surface area contributed by atoms with Crippen LogP contribution in [-0.2, 0) is 6.42 Å². The zero-order valence-corrected chi connectivity index (χ0v) is 14.5. The number of fused-ring (bicyclic) bond motifs is 1. The van der Waals surface area contributed by atoms with Crippen LogP contribution >= 0.6 is 11.3 Å². The Hall–Kier alpha value is -2.25. The molecule has 2 heterocycles. The Labute approximate surface area is 143 Å². The van der Waals surface area contributed by atoms with Gasteiger partial charge in [-0.2, -0.15) is 4.52 Å². The van der Waals surface area contributed by atoms with Gasteiger partial charge < -0.3 is 10.4 Å². The Bertz CT molecular complexity index is 903. The van der Waals surface area contributed by atoms with Gasteiger partial charge in [-0.25, -0.2) is 4.98 Å². The van der Waals surface area contributed by atoms with E-state index in [1.54, 1.807) is 0 Å². The first-order valence-corrected chi connectivity index (χ1v) is 8.76. The predicted molar refractivity (Wildman–Crippen MR) is 95.8 cm³/mol. The number of hydrogen-bond acceptors (Lipinski definition) is 6. The van der Waals surface area contributed by atoms with E-state index in [0.717, 1.165) is 29.7 Å². The second-order valence-corrected chi connectivity index (χ2v) is 6.70. The molecule has 126 valence electrons. The van der Waals surface area contributed by atoms with E-state index in [1.165, 1.54) is 21.9 Å². The third-order valence-electron chi connectivity index (χ3n) is 3.68. The van der Waals surface area contributed by atoms with Crippen LogP contribution in [0.1, 0.15) is 36.3 Å². The molecule has 2 N–H and O–H groups in total. The molecule has 0 spiro atoms. The summed E-state index contributed by atoms with van der Waals surface area (Å²) in [7, 11) is 0. The summed E-state index contributed by atoms with van der Waals surface area (Å²) in [5.74, 6) is 0. The molecule has 1 unspecified atom stereocenters. The summed E-state index contributed by atoms with van der Waals surface area (Å²) in [6.07, 6.45) is 1.07. The Kier molecular flexibility index (Phi) is 4.92. The summed E-state index contributed by atoms with van der Waals surface area (Å²) in [4.78, 5) is 17.1. The normalized spacial score (nSPS) is 12.5. The van der Waals surface area contributed by atoms with Gasteiger partial charge in [0.2, 0.25) is 10.1 Å². The molecule has 0 aliphatic heterocycles. The lowest BCUT2D eigenvalue weighted by Gasteiger charge is -2.11. The molecular formula is C17H20N4O2S. The first kappa shape index (κ1) is 16.6. The molecule has 1 atom stereocenters. The number of hydrogen-bond donors (Lipinski definition) is 2. The SMILES string of the molecule is CCCc1cc(=O)n2nc(NCC(O)c3cccc(C)c3)sc2n1. The van der Waals surface area contributed by atoms with Crippen LogP contribution in [0.2, 0.25) is 0 Å². The maximum atomic E-state index is 12.1. The van der Waals surface area contributed by atoms with Gasteiger partial charge in [0.05, 0.1) is 6.10 Å². The van der Waals surface area contributed by atoms with Crippen molar-refractivity contribution in [3.05, 3.63) is 57.5 Å². The molecule has 0 amide bonds. The van der Waals surface area contributed by atoms with E-state index in [2.05, 4.69) is 22.3 Å². The molecule has 0 bridgehead atoms. The molecule has 0 saturated heterocycles. The van der Waals surface area contributed by atoms with Crippen molar-refractivity contribution in [2.75, 3.05) is 11.9 Å². The van der Waals surface area contributed by atoms with E-state index in [-0.39, 0.29) is 5.56 Å². The van der Waals surface area contributed by atoms with E-state index >= 15 is 0 Å². The Morgan fingerprint density at radius 3 is 2.96 bits per heavy atom. The van der Waals surface area contributed by atoms with Crippen molar-refractivity contribution in [1.82, 2.24) is 14.6 Å². The number of rotatable bonds is 6. The van der Waals surface area contributed by atoms with Gasteiger partial charge in [0, 0.05) is 18.3 Å². The van der Waals surface area contributed by atoms with E-state index in [4.69, 9.17) is 0 Å². The molecule has 3 aromatic rings. The molecule has 1 aromatic carbocycles. The van der Waals surface area contributed by atoms with Crippen molar-refractivity contribution in [2.24, 2.45) is 0 Å². The number of aliphatic hydroxyl groups is 1. The minimum absolute atomic E-state index is 0.174. The predicted octanol–water partition coefficient (Wildman–Crippen LogP) is 2.56. The summed E-state index contributed by atoms with van der Waals surface area (Å²) < 4.78 is 1.30. The summed E-state index contributed by atoms with van der Waals surface area (Å²) >= 11 is 1.31. The molecule has 6 nitrogen and oxygen atoms in total. The third kappa shape index (κ3) is 3.63. The molecule has 0 aliphatic carbocycles. The van der Waals surface area contributed by atoms with Gasteiger partial charge in [0.25, 0.3) is 5.56 Å². The van der Waals surface area contributed by atoms with Crippen molar-refractivity contribution in [3.8, 4) is 0 Å². The Morgan fingerprint density at radius 1 is 1.38 bits per heavy atom. The first-order valence-electron chi connectivity index (χ1n) is 7.95. The molecule has 0 radical (unpaired) electrons. The van der Waals surface area contributed by atoms with Crippen molar-refractivity contribution in [3.63, 3.8) is 0 Å². The smallest absolute Gasteiger partial charge is 0.275 e. The minimum atomic E-state index is -0.641. The van der Waals surface area contributed by atoms with Gasteiger partial charge in [-0.15, -0.1) is 5.10 Å². The van der Waals surface area contributed by atoms with Crippen LogP contribution in [0, 0.1) is 6.92 Å². The highest BCUT2D eigenvalue weighted by Gasteiger charge is 2.11. The van der Waals surface area contributed by atoms with E-state index < -0.39 is 6.10 Å². The summed E-state index contributed by atoms with van der Waals surface area (Å²) in [5, 5.41) is 18.2. The van der Waals surface area contributed by atoms with Crippen LogP contribution in [-0.4, -0.2) is 26.2 Å². The molecule has 0 saturated carbocycles.